The third-order valence-corrected chi connectivity index (χ3v) is 13.3. The van der Waals surface area contributed by atoms with E-state index in [1.807, 2.05) is 35.2 Å². The van der Waals surface area contributed by atoms with E-state index in [9.17, 15) is 8.42 Å². The molecular formula is C34H33Cl2FN6O4S. The molecule has 8 rings (SSSR count). The number of ether oxygens (including phenoxy) is 1. The lowest BCUT2D eigenvalue weighted by atomic mass is 9.88. The van der Waals surface area contributed by atoms with E-state index in [0.717, 1.165) is 24.0 Å². The summed E-state index contributed by atoms with van der Waals surface area (Å²) < 4.78 is 53.3. The number of para-hydroxylation sites is 1. The molecule has 1 aliphatic heterocycles. The molecule has 0 spiro atoms. The first-order valence-corrected chi connectivity index (χ1v) is 18.3. The Bertz CT molecular complexity index is 1980. The second-order valence-corrected chi connectivity index (χ2v) is 16.2. The molecule has 4 aromatic rings. The number of hydrogen-bond acceptors (Lipinski definition) is 7. The Morgan fingerprint density at radius 3 is 2.31 bits per heavy atom. The Hall–Kier alpha value is -3.58. The van der Waals surface area contributed by atoms with Crippen molar-refractivity contribution in [1.82, 2.24) is 25.1 Å². The number of rotatable bonds is 10. The van der Waals surface area contributed by atoms with Crippen LogP contribution in [0.25, 0.3) is 0 Å². The van der Waals surface area contributed by atoms with Crippen molar-refractivity contribution >= 4 is 44.8 Å². The van der Waals surface area contributed by atoms with Gasteiger partial charge in [0.15, 0.2) is 5.82 Å². The molecule has 0 bridgehead atoms. The van der Waals surface area contributed by atoms with Crippen LogP contribution in [0.15, 0.2) is 72.8 Å². The van der Waals surface area contributed by atoms with Crippen molar-refractivity contribution in [3.8, 4) is 0 Å². The number of benzene rings is 3. The standard InChI is InChI=1S/C34H33Cl2FN6O4S/c1-41-30(38-39-40-41)18-29-33(44)43(31(20-9-11-22(35)12-10-20)32(47-29)21-5-4-6-23(36)17-21)34(25-15-16-26(25)34)19-42(48(45,46)24-13-14-24)28-8-3-2-7-27(28)37/h2-12,17,24-26,29,31-32H,13-16,18-19H2,1H3/t25?,26?,29-,31+,32+,34?/m0/s1. The van der Waals surface area contributed by atoms with Crippen LogP contribution in [-0.2, 0) is 33.0 Å². The molecule has 1 saturated heterocycles. The number of hydrogen-bond donors (Lipinski definition) is 0. The second kappa shape index (κ2) is 11.8. The van der Waals surface area contributed by atoms with E-state index in [0.29, 0.717) is 28.7 Å². The van der Waals surface area contributed by atoms with E-state index in [1.165, 1.54) is 21.1 Å². The van der Waals surface area contributed by atoms with Gasteiger partial charge in [-0.1, -0.05) is 59.6 Å². The molecule has 250 valence electrons. The predicted octanol–water partition coefficient (Wildman–Crippen LogP) is 5.69. The molecule has 3 saturated carbocycles. The summed E-state index contributed by atoms with van der Waals surface area (Å²) in [6.07, 6.45) is 1.05. The Kier molecular flexibility index (Phi) is 7.78. The molecule has 4 fully saturated rings. The van der Waals surface area contributed by atoms with Gasteiger partial charge in [0.1, 0.15) is 18.0 Å². The average molecular weight is 712 g/mol. The topological polar surface area (TPSA) is 111 Å². The van der Waals surface area contributed by atoms with Gasteiger partial charge in [-0.2, -0.15) is 0 Å². The zero-order valence-electron chi connectivity index (χ0n) is 26.0. The van der Waals surface area contributed by atoms with Crippen molar-refractivity contribution < 1.29 is 22.3 Å². The number of aryl methyl sites for hydroxylation is 1. The summed E-state index contributed by atoms with van der Waals surface area (Å²) in [6, 6.07) is 19.9. The maximum atomic E-state index is 15.5. The van der Waals surface area contributed by atoms with Gasteiger partial charge in [-0.05, 0) is 95.5 Å². The van der Waals surface area contributed by atoms with E-state index < -0.39 is 44.9 Å². The summed E-state index contributed by atoms with van der Waals surface area (Å²) in [5.74, 6) is -0.426. The summed E-state index contributed by atoms with van der Waals surface area (Å²) in [5.41, 5.74) is 0.583. The predicted molar refractivity (Wildman–Crippen MR) is 177 cm³/mol. The van der Waals surface area contributed by atoms with E-state index in [1.54, 1.807) is 37.4 Å². The molecule has 2 heterocycles. The van der Waals surface area contributed by atoms with Crippen LogP contribution in [0.1, 0.15) is 54.8 Å². The third kappa shape index (κ3) is 5.19. The summed E-state index contributed by atoms with van der Waals surface area (Å²) in [7, 11) is -2.23. The van der Waals surface area contributed by atoms with Crippen LogP contribution in [0.2, 0.25) is 10.0 Å². The lowest BCUT2D eigenvalue weighted by molar-refractivity contribution is -0.181. The van der Waals surface area contributed by atoms with Gasteiger partial charge in [0.2, 0.25) is 10.0 Å². The molecule has 4 aliphatic rings. The Morgan fingerprint density at radius 1 is 0.958 bits per heavy atom. The largest absolute Gasteiger partial charge is 0.357 e. The Morgan fingerprint density at radius 2 is 1.69 bits per heavy atom. The van der Waals surface area contributed by atoms with Crippen LogP contribution in [0, 0.1) is 17.7 Å². The van der Waals surface area contributed by atoms with Gasteiger partial charge in [0, 0.05) is 23.5 Å². The highest BCUT2D eigenvalue weighted by Gasteiger charge is 2.76. The number of morpholine rings is 1. The van der Waals surface area contributed by atoms with Gasteiger partial charge in [-0.3, -0.25) is 9.10 Å². The minimum Gasteiger partial charge on any atom is -0.357 e. The van der Waals surface area contributed by atoms with Crippen molar-refractivity contribution in [1.29, 1.82) is 0 Å². The Balaban J connectivity index is 1.31. The van der Waals surface area contributed by atoms with Gasteiger partial charge < -0.3 is 9.64 Å². The number of fused-ring (bicyclic) bond motifs is 1. The molecule has 2 unspecified atom stereocenters. The van der Waals surface area contributed by atoms with Crippen LogP contribution < -0.4 is 4.31 Å². The van der Waals surface area contributed by atoms with Crippen LogP contribution >= 0.6 is 23.2 Å². The van der Waals surface area contributed by atoms with Crippen molar-refractivity contribution in [3.05, 3.63) is 106 Å². The second-order valence-electron chi connectivity index (χ2n) is 13.2. The molecule has 1 aromatic heterocycles. The maximum Gasteiger partial charge on any atom is 0.253 e. The normalized spacial score (nSPS) is 28.1. The van der Waals surface area contributed by atoms with Gasteiger partial charge >= 0.3 is 0 Å². The van der Waals surface area contributed by atoms with E-state index >= 15 is 9.18 Å². The van der Waals surface area contributed by atoms with Gasteiger partial charge in [-0.15, -0.1) is 5.10 Å². The van der Waals surface area contributed by atoms with Crippen LogP contribution in [0.4, 0.5) is 10.1 Å². The Labute approximate surface area is 287 Å². The highest BCUT2D eigenvalue weighted by molar-refractivity contribution is 7.93. The van der Waals surface area contributed by atoms with Gasteiger partial charge in [0.25, 0.3) is 5.91 Å². The minimum atomic E-state index is -3.93. The molecule has 1 amide bonds. The highest BCUT2D eigenvalue weighted by atomic mass is 35.5. The maximum absolute atomic E-state index is 15.5. The number of amides is 1. The molecule has 0 N–H and O–H groups in total. The van der Waals surface area contributed by atoms with E-state index in [4.69, 9.17) is 27.9 Å². The molecule has 14 heteroatoms. The number of anilines is 1. The number of tetrazole rings is 1. The first kappa shape index (κ1) is 31.7. The number of carbonyl (C=O) groups is 1. The van der Waals surface area contributed by atoms with Gasteiger partial charge in [-0.25, -0.2) is 17.5 Å². The molecular weight excluding hydrogens is 678 g/mol. The molecule has 3 aliphatic carbocycles. The quantitative estimate of drug-likeness (QED) is 0.208. The first-order chi connectivity index (χ1) is 23.1. The monoisotopic (exact) mass is 710 g/mol. The van der Waals surface area contributed by atoms with Crippen LogP contribution in [0.5, 0.6) is 0 Å². The zero-order valence-corrected chi connectivity index (χ0v) is 28.3. The average Bonchev–Trinajstić information content (AvgIpc) is 3.93. The molecule has 0 radical (unpaired) electrons. The van der Waals surface area contributed by atoms with E-state index in [2.05, 4.69) is 15.5 Å². The summed E-state index contributed by atoms with van der Waals surface area (Å²) in [4.78, 5) is 16.9. The van der Waals surface area contributed by atoms with Crippen molar-refractivity contribution in [2.75, 3.05) is 10.8 Å². The van der Waals surface area contributed by atoms with Crippen LogP contribution in [0.3, 0.4) is 0 Å². The van der Waals surface area contributed by atoms with Gasteiger partial charge in [0.05, 0.1) is 29.1 Å². The smallest absolute Gasteiger partial charge is 0.253 e. The first-order valence-electron chi connectivity index (χ1n) is 16.1. The lowest BCUT2D eigenvalue weighted by Crippen LogP contribution is -2.61. The fraction of sp³-hybridized carbons (Fsp3) is 0.412. The summed E-state index contributed by atoms with van der Waals surface area (Å²) >= 11 is 12.9. The van der Waals surface area contributed by atoms with Crippen molar-refractivity contribution in [3.63, 3.8) is 0 Å². The number of aromatic nitrogens is 4. The summed E-state index contributed by atoms with van der Waals surface area (Å²) in [5, 5.41) is 12.3. The number of carbonyl (C=O) groups excluding carboxylic acids is 1. The lowest BCUT2D eigenvalue weighted by Gasteiger charge is -2.50. The minimum absolute atomic E-state index is 0.00748. The molecule has 10 nitrogen and oxygen atoms in total. The number of halogens is 3. The zero-order chi connectivity index (χ0) is 33.4. The fourth-order valence-corrected chi connectivity index (χ4v) is 10.1. The highest BCUT2D eigenvalue weighted by Crippen LogP contribution is 2.70. The van der Waals surface area contributed by atoms with Crippen molar-refractivity contribution in [2.24, 2.45) is 18.9 Å². The molecule has 48 heavy (non-hydrogen) atoms. The number of nitrogens with zero attached hydrogens (tertiary/aromatic N) is 6. The fourth-order valence-electron chi connectivity index (χ4n) is 7.85. The van der Waals surface area contributed by atoms with Crippen LogP contribution in [-0.4, -0.2) is 62.9 Å². The molecule has 5 atom stereocenters. The summed E-state index contributed by atoms with van der Waals surface area (Å²) in [6.45, 7) is -0.0710. The number of sulfonamides is 1. The van der Waals surface area contributed by atoms with Crippen molar-refractivity contribution in [2.45, 2.75) is 61.1 Å². The van der Waals surface area contributed by atoms with E-state index in [-0.39, 0.29) is 36.4 Å². The SMILES string of the molecule is Cn1nnnc1C[C@@H]1O[C@H](c2cccc(Cl)c2)[C@@H](c2ccc(Cl)cc2)N(C2(CN(c3ccccc3F)S(=O)(=O)C3CC3)C3CCC32)C1=O. The molecule has 3 aromatic carbocycles. The third-order valence-electron chi connectivity index (χ3n) is 10.5.